The molecule has 1 saturated carbocycles. The zero-order chi connectivity index (χ0) is 16.3. The van der Waals surface area contributed by atoms with Crippen LogP contribution in [0.2, 0.25) is 0 Å². The maximum atomic E-state index is 11.8. The van der Waals surface area contributed by atoms with Gasteiger partial charge in [0, 0.05) is 17.9 Å². The summed E-state index contributed by atoms with van der Waals surface area (Å²) in [6.45, 7) is 0.233. The van der Waals surface area contributed by atoms with E-state index in [0.29, 0.717) is 23.7 Å². The van der Waals surface area contributed by atoms with E-state index in [1.165, 1.54) is 21.3 Å². The quantitative estimate of drug-likeness (QED) is 0.595. The second-order valence-electron chi connectivity index (χ2n) is 4.95. The largest absolute Gasteiger partial charge is 0.493 e. The normalized spacial score (nSPS) is 19.2. The molecule has 8 nitrogen and oxygen atoms in total. The van der Waals surface area contributed by atoms with Crippen LogP contribution in [-0.4, -0.2) is 38.2 Å². The summed E-state index contributed by atoms with van der Waals surface area (Å²) in [5.41, 5.74) is 0.751. The van der Waals surface area contributed by atoms with E-state index in [9.17, 15) is 14.9 Å². The molecule has 0 radical (unpaired) electrons. The molecule has 1 aliphatic rings. The average molecular weight is 310 g/mol. The number of carbonyl (C=O) groups is 1. The summed E-state index contributed by atoms with van der Waals surface area (Å²) in [6, 6.07) is 2.69. The van der Waals surface area contributed by atoms with Crippen molar-refractivity contribution in [1.29, 1.82) is 0 Å². The topological polar surface area (TPSA) is 99.9 Å². The molecular weight excluding hydrogens is 292 g/mol. The van der Waals surface area contributed by atoms with Crippen molar-refractivity contribution < 1.29 is 23.9 Å². The van der Waals surface area contributed by atoms with Crippen molar-refractivity contribution in [2.45, 2.75) is 19.0 Å². The molecule has 1 aromatic rings. The Hall–Kier alpha value is -2.51. The zero-order valence-corrected chi connectivity index (χ0v) is 12.6. The van der Waals surface area contributed by atoms with Crippen molar-refractivity contribution in [2.75, 3.05) is 21.3 Å². The third kappa shape index (κ3) is 3.21. The number of nitrogens with zero attached hydrogens (tertiary/aromatic N) is 1. The van der Waals surface area contributed by atoms with E-state index in [-0.39, 0.29) is 12.5 Å². The number of hydrogen-bond donors (Lipinski definition) is 1. The fourth-order valence-electron chi connectivity index (χ4n) is 2.25. The van der Waals surface area contributed by atoms with Crippen LogP contribution in [0.25, 0.3) is 0 Å². The molecule has 0 aliphatic heterocycles. The highest BCUT2D eigenvalue weighted by molar-refractivity contribution is 5.82. The number of carbonyl (C=O) groups excluding carboxylic acids is 1. The van der Waals surface area contributed by atoms with Crippen molar-refractivity contribution in [3.63, 3.8) is 0 Å². The van der Waals surface area contributed by atoms with Crippen LogP contribution >= 0.6 is 0 Å². The first-order chi connectivity index (χ1) is 10.5. The Morgan fingerprint density at radius 3 is 2.27 bits per heavy atom. The first kappa shape index (κ1) is 15.9. The van der Waals surface area contributed by atoms with Gasteiger partial charge < -0.3 is 19.5 Å². The van der Waals surface area contributed by atoms with Crippen LogP contribution in [-0.2, 0) is 11.3 Å². The maximum absolute atomic E-state index is 11.8. The molecule has 22 heavy (non-hydrogen) atoms. The minimum Gasteiger partial charge on any atom is -0.493 e. The third-order valence-electron chi connectivity index (χ3n) is 3.56. The Bertz CT molecular complexity index is 564. The molecule has 1 aliphatic carbocycles. The van der Waals surface area contributed by atoms with Gasteiger partial charge in [0.05, 0.1) is 21.3 Å². The minimum absolute atomic E-state index is 0.233. The number of ether oxygens (including phenoxy) is 3. The highest BCUT2D eigenvalue weighted by atomic mass is 16.6. The number of hydrogen-bond acceptors (Lipinski definition) is 6. The van der Waals surface area contributed by atoms with Gasteiger partial charge in [-0.3, -0.25) is 14.9 Å². The fraction of sp³-hybridized carbons (Fsp3) is 0.500. The molecule has 1 amide bonds. The third-order valence-corrected chi connectivity index (χ3v) is 3.56. The standard InChI is InChI=1S/C14H18N2O6/c1-20-11-4-8(5-12(21-2)13(11)22-3)7-15-14(17)9-6-10(9)16(18)19/h4-5,9-10H,6-7H2,1-3H3,(H,15,17)/t9-,10-/m1/s1. The lowest BCUT2D eigenvalue weighted by Crippen LogP contribution is -2.26. The molecule has 2 rings (SSSR count). The molecule has 0 bridgehead atoms. The molecule has 0 heterocycles. The first-order valence-electron chi connectivity index (χ1n) is 6.71. The molecule has 0 aromatic heterocycles. The molecule has 8 heteroatoms. The van der Waals surface area contributed by atoms with Crippen LogP contribution in [0.3, 0.4) is 0 Å². The number of nitro groups is 1. The Morgan fingerprint density at radius 2 is 1.86 bits per heavy atom. The molecule has 2 atom stereocenters. The van der Waals surface area contributed by atoms with Crippen LogP contribution in [0.1, 0.15) is 12.0 Å². The van der Waals surface area contributed by atoms with Crippen molar-refractivity contribution in [3.05, 3.63) is 27.8 Å². The second kappa shape index (κ2) is 6.50. The van der Waals surface area contributed by atoms with E-state index < -0.39 is 16.9 Å². The van der Waals surface area contributed by atoms with Gasteiger partial charge >= 0.3 is 0 Å². The molecule has 1 fully saturated rings. The van der Waals surface area contributed by atoms with Gasteiger partial charge in [-0.2, -0.15) is 0 Å². The summed E-state index contributed by atoms with van der Waals surface area (Å²) in [5.74, 6) is 0.601. The molecule has 0 spiro atoms. The van der Waals surface area contributed by atoms with Crippen molar-refractivity contribution in [3.8, 4) is 17.2 Å². The van der Waals surface area contributed by atoms with E-state index in [1.807, 2.05) is 0 Å². The second-order valence-corrected chi connectivity index (χ2v) is 4.95. The molecule has 0 saturated heterocycles. The Labute approximate surface area is 127 Å². The number of methoxy groups -OCH3 is 3. The van der Waals surface area contributed by atoms with Crippen molar-refractivity contribution >= 4 is 5.91 Å². The SMILES string of the molecule is COc1cc(CNC(=O)[C@@H]2C[C@H]2[N+](=O)[O-])cc(OC)c1OC. The highest BCUT2D eigenvalue weighted by Gasteiger charge is 2.53. The summed E-state index contributed by atoms with van der Waals surface area (Å²) in [4.78, 5) is 22.0. The lowest BCUT2D eigenvalue weighted by molar-refractivity contribution is -0.497. The van der Waals surface area contributed by atoms with Crippen LogP contribution < -0.4 is 19.5 Å². The Balaban J connectivity index is 2.04. The average Bonchev–Trinajstić information content (AvgIpc) is 3.32. The van der Waals surface area contributed by atoms with Gasteiger partial charge in [-0.25, -0.2) is 0 Å². The summed E-state index contributed by atoms with van der Waals surface area (Å²) >= 11 is 0. The lowest BCUT2D eigenvalue weighted by atomic mass is 10.1. The van der Waals surface area contributed by atoms with Crippen LogP contribution in [0.15, 0.2) is 12.1 Å². The van der Waals surface area contributed by atoms with Gasteiger partial charge in [0.1, 0.15) is 5.92 Å². The summed E-state index contributed by atoms with van der Waals surface area (Å²) in [6.07, 6.45) is 0.300. The van der Waals surface area contributed by atoms with Gasteiger partial charge in [0.2, 0.25) is 17.7 Å². The van der Waals surface area contributed by atoms with Gasteiger partial charge in [0.25, 0.3) is 0 Å². The van der Waals surface area contributed by atoms with Crippen LogP contribution in [0, 0.1) is 16.0 Å². The summed E-state index contributed by atoms with van der Waals surface area (Å²) in [7, 11) is 4.52. The molecular formula is C14H18N2O6. The van der Waals surface area contributed by atoms with E-state index >= 15 is 0 Å². The molecule has 1 aromatic carbocycles. The predicted octanol–water partition coefficient (Wildman–Crippen LogP) is 0.994. The van der Waals surface area contributed by atoms with E-state index in [2.05, 4.69) is 5.32 Å². The summed E-state index contributed by atoms with van der Waals surface area (Å²) < 4.78 is 15.7. The van der Waals surface area contributed by atoms with Crippen LogP contribution in [0.4, 0.5) is 0 Å². The Kier molecular flexibility index (Phi) is 4.69. The van der Waals surface area contributed by atoms with E-state index in [0.717, 1.165) is 5.56 Å². The highest BCUT2D eigenvalue weighted by Crippen LogP contribution is 2.38. The minimum atomic E-state index is -0.750. The monoisotopic (exact) mass is 310 g/mol. The first-order valence-corrected chi connectivity index (χ1v) is 6.71. The van der Waals surface area contributed by atoms with Gasteiger partial charge in [-0.15, -0.1) is 0 Å². The van der Waals surface area contributed by atoms with Gasteiger partial charge in [0.15, 0.2) is 11.5 Å². The van der Waals surface area contributed by atoms with E-state index in [1.54, 1.807) is 12.1 Å². The molecule has 1 N–H and O–H groups in total. The number of amides is 1. The number of rotatable bonds is 7. The van der Waals surface area contributed by atoms with Crippen LogP contribution in [0.5, 0.6) is 17.2 Å². The Morgan fingerprint density at radius 1 is 1.27 bits per heavy atom. The number of benzene rings is 1. The molecule has 0 unspecified atom stereocenters. The van der Waals surface area contributed by atoms with Gasteiger partial charge in [-0.1, -0.05) is 0 Å². The van der Waals surface area contributed by atoms with Gasteiger partial charge in [-0.05, 0) is 17.7 Å². The zero-order valence-electron chi connectivity index (χ0n) is 12.6. The molecule has 120 valence electrons. The smallest absolute Gasteiger partial charge is 0.230 e. The fourth-order valence-corrected chi connectivity index (χ4v) is 2.25. The number of nitrogens with one attached hydrogen (secondary N) is 1. The maximum Gasteiger partial charge on any atom is 0.230 e. The summed E-state index contributed by atoms with van der Waals surface area (Å²) in [5, 5.41) is 13.3. The lowest BCUT2D eigenvalue weighted by Gasteiger charge is -2.14. The van der Waals surface area contributed by atoms with E-state index in [4.69, 9.17) is 14.2 Å². The predicted molar refractivity (Wildman–Crippen MR) is 76.8 cm³/mol. The van der Waals surface area contributed by atoms with Crippen molar-refractivity contribution in [2.24, 2.45) is 5.92 Å². The van der Waals surface area contributed by atoms with Crippen molar-refractivity contribution in [1.82, 2.24) is 5.32 Å².